The number of anilines is 1. The largest absolute Gasteiger partial charge is 0.341 e. The van der Waals surface area contributed by atoms with Gasteiger partial charge < -0.3 is 20.0 Å². The third kappa shape index (κ3) is 5.50. The normalized spacial score (nSPS) is 20.0. The highest BCUT2D eigenvalue weighted by Crippen LogP contribution is 2.21. The maximum Gasteiger partial charge on any atom is 0.321 e. The number of amides is 4. The van der Waals surface area contributed by atoms with Crippen LogP contribution in [0.1, 0.15) is 19.3 Å². The van der Waals surface area contributed by atoms with Gasteiger partial charge in [0.05, 0.1) is 5.92 Å². The highest BCUT2D eigenvalue weighted by Gasteiger charge is 2.31. The topological polar surface area (TPSA) is 73.0 Å². The first-order chi connectivity index (χ1) is 14.0. The average molecular weight is 419 g/mol. The van der Waals surface area contributed by atoms with Gasteiger partial charge in [0.15, 0.2) is 0 Å². The predicted molar refractivity (Wildman–Crippen MR) is 113 cm³/mol. The molecule has 0 bridgehead atoms. The number of nitrogens with one attached hydrogen (secondary N) is 1. The van der Waals surface area contributed by atoms with Gasteiger partial charge in [-0.3, -0.25) is 9.59 Å². The minimum absolute atomic E-state index is 0.0728. The van der Waals surface area contributed by atoms with Crippen molar-refractivity contribution in [1.82, 2.24) is 14.7 Å². The number of carbonyl (C=O) groups excluding carboxylic acids is 3. The zero-order valence-corrected chi connectivity index (χ0v) is 17.2. The Hall–Kier alpha value is -2.54. The van der Waals surface area contributed by atoms with Gasteiger partial charge in [0.25, 0.3) is 0 Å². The molecule has 7 nitrogen and oxygen atoms in total. The Kier molecular flexibility index (Phi) is 7.14. The molecular formula is C21H27ClN4O3. The molecule has 0 radical (unpaired) electrons. The maximum absolute atomic E-state index is 13.0. The highest BCUT2D eigenvalue weighted by molar-refractivity contribution is 6.30. The van der Waals surface area contributed by atoms with Crippen LogP contribution in [0.5, 0.6) is 0 Å². The molecular weight excluding hydrogens is 392 g/mol. The summed E-state index contributed by atoms with van der Waals surface area (Å²) in [6, 6.07) is 6.83. The maximum atomic E-state index is 13.0. The van der Waals surface area contributed by atoms with Crippen LogP contribution in [-0.4, -0.2) is 71.8 Å². The van der Waals surface area contributed by atoms with Crippen LogP contribution in [0.3, 0.4) is 0 Å². The molecule has 0 saturated carbocycles. The van der Waals surface area contributed by atoms with Crippen LogP contribution in [-0.2, 0) is 9.59 Å². The van der Waals surface area contributed by atoms with E-state index in [-0.39, 0.29) is 23.8 Å². The van der Waals surface area contributed by atoms with Crippen molar-refractivity contribution in [2.24, 2.45) is 5.92 Å². The molecule has 8 heteroatoms. The van der Waals surface area contributed by atoms with Crippen LogP contribution in [0.2, 0.25) is 5.02 Å². The van der Waals surface area contributed by atoms with Crippen molar-refractivity contribution in [3.63, 3.8) is 0 Å². The molecule has 2 saturated heterocycles. The summed E-state index contributed by atoms with van der Waals surface area (Å²) in [5.74, 6) is -0.231. The first kappa shape index (κ1) is 21.2. The van der Waals surface area contributed by atoms with Crippen LogP contribution in [0.4, 0.5) is 10.5 Å². The molecule has 1 aromatic rings. The molecule has 1 N–H and O–H groups in total. The van der Waals surface area contributed by atoms with Gasteiger partial charge in [-0.25, -0.2) is 4.79 Å². The number of halogens is 1. The Morgan fingerprint density at radius 3 is 2.52 bits per heavy atom. The van der Waals surface area contributed by atoms with E-state index in [4.69, 9.17) is 11.6 Å². The summed E-state index contributed by atoms with van der Waals surface area (Å²) in [7, 11) is 0. The number of benzene rings is 1. The SMILES string of the molecule is C=CC(=O)N1CCCC(C(=O)N2CCCN(C(=O)Nc3cccc(Cl)c3)CC2)C1. The van der Waals surface area contributed by atoms with Crippen molar-refractivity contribution in [1.29, 1.82) is 0 Å². The first-order valence-electron chi connectivity index (χ1n) is 9.99. The lowest BCUT2D eigenvalue weighted by Gasteiger charge is -2.34. The second kappa shape index (κ2) is 9.78. The molecule has 29 heavy (non-hydrogen) atoms. The van der Waals surface area contributed by atoms with E-state index >= 15 is 0 Å². The highest BCUT2D eigenvalue weighted by atomic mass is 35.5. The molecule has 1 unspecified atom stereocenters. The fourth-order valence-electron chi connectivity index (χ4n) is 3.88. The van der Waals surface area contributed by atoms with E-state index in [0.29, 0.717) is 50.0 Å². The summed E-state index contributed by atoms with van der Waals surface area (Å²) >= 11 is 5.97. The van der Waals surface area contributed by atoms with Gasteiger partial charge in [0.1, 0.15) is 0 Å². The summed E-state index contributed by atoms with van der Waals surface area (Å²) < 4.78 is 0. The lowest BCUT2D eigenvalue weighted by atomic mass is 9.96. The number of hydrogen-bond acceptors (Lipinski definition) is 3. The minimum Gasteiger partial charge on any atom is -0.341 e. The van der Waals surface area contributed by atoms with Gasteiger partial charge in [-0.2, -0.15) is 0 Å². The molecule has 2 heterocycles. The molecule has 2 aliphatic rings. The number of carbonyl (C=O) groups is 3. The zero-order valence-electron chi connectivity index (χ0n) is 16.5. The van der Waals surface area contributed by atoms with Gasteiger partial charge in [0, 0.05) is 50.0 Å². The van der Waals surface area contributed by atoms with E-state index in [0.717, 1.165) is 19.3 Å². The van der Waals surface area contributed by atoms with Crippen molar-refractivity contribution in [3.05, 3.63) is 41.9 Å². The van der Waals surface area contributed by atoms with Crippen molar-refractivity contribution in [2.45, 2.75) is 19.3 Å². The number of nitrogens with zero attached hydrogens (tertiary/aromatic N) is 3. The van der Waals surface area contributed by atoms with Gasteiger partial charge in [-0.15, -0.1) is 0 Å². The van der Waals surface area contributed by atoms with Crippen molar-refractivity contribution >= 4 is 35.1 Å². The molecule has 156 valence electrons. The third-order valence-electron chi connectivity index (χ3n) is 5.43. The third-order valence-corrected chi connectivity index (χ3v) is 5.66. The molecule has 0 spiro atoms. The molecule has 3 rings (SSSR count). The number of likely N-dealkylation sites (tertiary alicyclic amines) is 1. The smallest absolute Gasteiger partial charge is 0.321 e. The van der Waals surface area contributed by atoms with Crippen molar-refractivity contribution in [2.75, 3.05) is 44.6 Å². The minimum atomic E-state index is -0.193. The quantitative estimate of drug-likeness (QED) is 0.767. The predicted octanol–water partition coefficient (Wildman–Crippen LogP) is 2.83. The van der Waals surface area contributed by atoms with Gasteiger partial charge in [-0.05, 0) is 43.5 Å². The van der Waals surface area contributed by atoms with Gasteiger partial charge >= 0.3 is 6.03 Å². The van der Waals surface area contributed by atoms with E-state index in [1.165, 1.54) is 6.08 Å². The standard InChI is InChI=1S/C21H27ClN4O3/c1-2-19(27)26-9-4-6-16(15-26)20(28)24-10-5-11-25(13-12-24)21(29)23-18-8-3-7-17(22)14-18/h2-3,7-8,14,16H,1,4-6,9-13,15H2,(H,23,29). The molecule has 4 amide bonds. The van der Waals surface area contributed by atoms with Crippen molar-refractivity contribution < 1.29 is 14.4 Å². The van der Waals surface area contributed by atoms with Crippen LogP contribution in [0.15, 0.2) is 36.9 Å². The second-order valence-electron chi connectivity index (χ2n) is 7.43. The van der Waals surface area contributed by atoms with Crippen molar-refractivity contribution in [3.8, 4) is 0 Å². The average Bonchev–Trinajstić information content (AvgIpc) is 2.99. The number of rotatable bonds is 3. The van der Waals surface area contributed by atoms with E-state index in [9.17, 15) is 14.4 Å². The molecule has 2 fully saturated rings. The molecule has 0 aromatic heterocycles. The Bertz CT molecular complexity index is 785. The fraction of sp³-hybridized carbons (Fsp3) is 0.476. The monoisotopic (exact) mass is 418 g/mol. The Balaban J connectivity index is 1.55. The molecule has 2 aliphatic heterocycles. The summed E-state index contributed by atoms with van der Waals surface area (Å²) in [5, 5.41) is 3.42. The van der Waals surface area contributed by atoms with E-state index in [2.05, 4.69) is 11.9 Å². The number of piperidine rings is 1. The van der Waals surface area contributed by atoms with Gasteiger partial charge in [-0.1, -0.05) is 24.2 Å². The van der Waals surface area contributed by atoms with E-state index < -0.39 is 0 Å². The summed E-state index contributed by atoms with van der Waals surface area (Å²) in [5.41, 5.74) is 0.647. The number of urea groups is 1. The van der Waals surface area contributed by atoms with Gasteiger partial charge in [0.2, 0.25) is 11.8 Å². The molecule has 0 aliphatic carbocycles. The summed E-state index contributed by atoms with van der Waals surface area (Å²) in [6.07, 6.45) is 3.62. The summed E-state index contributed by atoms with van der Waals surface area (Å²) in [6.45, 7) is 6.81. The number of hydrogen-bond donors (Lipinski definition) is 1. The van der Waals surface area contributed by atoms with Crippen LogP contribution in [0.25, 0.3) is 0 Å². The second-order valence-corrected chi connectivity index (χ2v) is 7.87. The fourth-order valence-corrected chi connectivity index (χ4v) is 4.07. The Morgan fingerprint density at radius 1 is 1.03 bits per heavy atom. The van der Waals surface area contributed by atoms with E-state index in [1.807, 2.05) is 4.90 Å². The Labute approximate surface area is 176 Å². The van der Waals surface area contributed by atoms with Crippen LogP contribution in [0, 0.1) is 5.92 Å². The van der Waals surface area contributed by atoms with Crippen LogP contribution < -0.4 is 5.32 Å². The lowest BCUT2D eigenvalue weighted by molar-refractivity contribution is -0.139. The lowest BCUT2D eigenvalue weighted by Crippen LogP contribution is -2.47. The Morgan fingerprint density at radius 2 is 1.76 bits per heavy atom. The zero-order chi connectivity index (χ0) is 20.8. The molecule has 1 atom stereocenters. The summed E-state index contributed by atoms with van der Waals surface area (Å²) in [4.78, 5) is 42.7. The molecule has 1 aromatic carbocycles. The van der Waals surface area contributed by atoms with Crippen LogP contribution >= 0.6 is 11.6 Å². The van der Waals surface area contributed by atoms with E-state index in [1.54, 1.807) is 34.1 Å². The first-order valence-corrected chi connectivity index (χ1v) is 10.4.